The van der Waals surface area contributed by atoms with E-state index in [1.54, 1.807) is 0 Å². The molecule has 0 saturated carbocycles. The van der Waals surface area contributed by atoms with Crippen molar-refractivity contribution in [1.29, 1.82) is 0 Å². The monoisotopic (exact) mass is 241 g/mol. The summed E-state index contributed by atoms with van der Waals surface area (Å²) in [6, 6.07) is 3.81. The first-order valence-corrected chi connectivity index (χ1v) is 4.69. The van der Waals surface area contributed by atoms with Crippen molar-refractivity contribution in [2.75, 3.05) is 0 Å². The maximum Gasteiger partial charge on any atom is 0.280 e. The molecule has 0 aliphatic heterocycles. The number of hydrogen-bond acceptors (Lipinski definition) is 4. The standard InChI is InChI=1S/C10H8ClNO4/c1-2-10(11)16-8-3-4-9(12(14)15)7(5-8)6-13/h2-6,10H,1H2. The van der Waals surface area contributed by atoms with Crippen LogP contribution in [0.2, 0.25) is 0 Å². The average molecular weight is 242 g/mol. The van der Waals surface area contributed by atoms with E-state index in [9.17, 15) is 14.9 Å². The number of nitrogens with zero attached hydrogens (tertiary/aromatic N) is 1. The third-order valence-electron chi connectivity index (χ3n) is 1.76. The Morgan fingerprint density at radius 3 is 2.75 bits per heavy atom. The van der Waals surface area contributed by atoms with E-state index in [1.165, 1.54) is 24.3 Å². The number of nitro groups is 1. The van der Waals surface area contributed by atoms with E-state index in [0.717, 1.165) is 0 Å². The summed E-state index contributed by atoms with van der Waals surface area (Å²) in [5.41, 5.74) is -1.08. The minimum absolute atomic E-state index is 0.0598. The molecule has 16 heavy (non-hydrogen) atoms. The Morgan fingerprint density at radius 2 is 2.25 bits per heavy atom. The van der Waals surface area contributed by atoms with Crippen molar-refractivity contribution in [3.63, 3.8) is 0 Å². The van der Waals surface area contributed by atoms with Crippen molar-refractivity contribution in [2.24, 2.45) is 0 Å². The maximum absolute atomic E-state index is 10.6. The fourth-order valence-electron chi connectivity index (χ4n) is 1.04. The first-order chi connectivity index (χ1) is 7.58. The Labute approximate surface area is 96.4 Å². The topological polar surface area (TPSA) is 69.4 Å². The number of carbonyl (C=O) groups excluding carboxylic acids is 1. The molecule has 0 bridgehead atoms. The molecule has 6 heteroatoms. The third kappa shape index (κ3) is 2.80. The van der Waals surface area contributed by atoms with E-state index in [0.29, 0.717) is 6.29 Å². The van der Waals surface area contributed by atoms with Crippen LogP contribution in [0.15, 0.2) is 30.9 Å². The summed E-state index contributed by atoms with van der Waals surface area (Å²) in [5, 5.41) is 10.5. The largest absolute Gasteiger partial charge is 0.471 e. The second kappa shape index (κ2) is 5.27. The van der Waals surface area contributed by atoms with Crippen molar-refractivity contribution < 1.29 is 14.5 Å². The molecule has 0 N–H and O–H groups in total. The Kier molecular flexibility index (Phi) is 4.02. The van der Waals surface area contributed by atoms with E-state index in [4.69, 9.17) is 16.3 Å². The summed E-state index contributed by atoms with van der Waals surface area (Å²) >= 11 is 5.64. The molecule has 0 radical (unpaired) electrons. The lowest BCUT2D eigenvalue weighted by molar-refractivity contribution is -0.385. The highest BCUT2D eigenvalue weighted by Gasteiger charge is 2.14. The number of halogens is 1. The second-order valence-corrected chi connectivity index (χ2v) is 3.23. The Bertz CT molecular complexity index is 433. The van der Waals surface area contributed by atoms with Gasteiger partial charge in [0.25, 0.3) is 5.69 Å². The Morgan fingerprint density at radius 1 is 1.56 bits per heavy atom. The van der Waals surface area contributed by atoms with Gasteiger partial charge >= 0.3 is 0 Å². The van der Waals surface area contributed by atoms with Crippen molar-refractivity contribution >= 4 is 23.6 Å². The van der Waals surface area contributed by atoms with Gasteiger partial charge in [-0.05, 0) is 18.2 Å². The number of nitro benzene ring substituents is 1. The predicted molar refractivity (Wildman–Crippen MR) is 58.9 cm³/mol. The molecule has 0 aromatic heterocycles. The van der Waals surface area contributed by atoms with Crippen LogP contribution in [0, 0.1) is 10.1 Å². The number of hydrogen-bond donors (Lipinski definition) is 0. The summed E-state index contributed by atoms with van der Waals surface area (Å²) in [6.07, 6.45) is 1.74. The van der Waals surface area contributed by atoms with Crippen molar-refractivity contribution in [2.45, 2.75) is 5.56 Å². The Balaban J connectivity index is 3.04. The summed E-state index contributed by atoms with van der Waals surface area (Å²) in [6.45, 7) is 3.41. The summed E-state index contributed by atoms with van der Waals surface area (Å²) in [4.78, 5) is 20.5. The molecule has 5 nitrogen and oxygen atoms in total. The van der Waals surface area contributed by atoms with Crippen LogP contribution < -0.4 is 4.74 Å². The van der Waals surface area contributed by atoms with Crippen LogP contribution in [0.25, 0.3) is 0 Å². The molecule has 0 aliphatic rings. The molecule has 84 valence electrons. The van der Waals surface area contributed by atoms with Crippen LogP contribution in [-0.4, -0.2) is 16.8 Å². The van der Waals surface area contributed by atoms with E-state index < -0.39 is 10.5 Å². The molecule has 0 amide bonds. The molecule has 1 atom stereocenters. The van der Waals surface area contributed by atoms with Gasteiger partial charge in [0.05, 0.1) is 10.5 Å². The normalized spacial score (nSPS) is 11.6. The zero-order valence-electron chi connectivity index (χ0n) is 8.13. The molecule has 1 unspecified atom stereocenters. The number of aldehydes is 1. The summed E-state index contributed by atoms with van der Waals surface area (Å²) in [7, 11) is 0. The molecule has 1 rings (SSSR count). The average Bonchev–Trinajstić information content (AvgIpc) is 2.28. The van der Waals surface area contributed by atoms with Crippen molar-refractivity contribution in [1.82, 2.24) is 0 Å². The number of alkyl halides is 1. The van der Waals surface area contributed by atoms with Crippen LogP contribution in [0.5, 0.6) is 5.75 Å². The van der Waals surface area contributed by atoms with Gasteiger partial charge in [0.15, 0.2) is 11.8 Å². The lowest BCUT2D eigenvalue weighted by atomic mass is 10.2. The first-order valence-electron chi connectivity index (χ1n) is 4.25. The predicted octanol–water partition coefficient (Wildman–Crippen LogP) is 2.54. The zero-order valence-corrected chi connectivity index (χ0v) is 8.89. The Hall–Kier alpha value is -1.88. The van der Waals surface area contributed by atoms with Crippen LogP contribution in [0.1, 0.15) is 10.4 Å². The van der Waals surface area contributed by atoms with Gasteiger partial charge in [-0.1, -0.05) is 18.2 Å². The third-order valence-corrected chi connectivity index (χ3v) is 2.02. The maximum atomic E-state index is 10.6. The summed E-state index contributed by atoms with van der Waals surface area (Å²) in [5.74, 6) is 0.271. The number of rotatable bonds is 5. The highest BCUT2D eigenvalue weighted by Crippen LogP contribution is 2.23. The molecule has 0 fully saturated rings. The van der Waals surface area contributed by atoms with E-state index in [1.807, 2.05) is 0 Å². The van der Waals surface area contributed by atoms with Crippen molar-refractivity contribution in [3.05, 3.63) is 46.5 Å². The van der Waals surface area contributed by atoms with Crippen LogP contribution >= 0.6 is 11.6 Å². The summed E-state index contributed by atoms with van der Waals surface area (Å²) < 4.78 is 5.11. The van der Waals surface area contributed by atoms with Gasteiger partial charge in [0.2, 0.25) is 0 Å². The highest BCUT2D eigenvalue weighted by atomic mass is 35.5. The van der Waals surface area contributed by atoms with Gasteiger partial charge in [0.1, 0.15) is 5.75 Å². The number of carbonyl (C=O) groups is 1. The number of ether oxygens (including phenoxy) is 1. The van der Waals surface area contributed by atoms with Gasteiger partial charge in [-0.2, -0.15) is 0 Å². The lowest BCUT2D eigenvalue weighted by Crippen LogP contribution is -2.05. The lowest BCUT2D eigenvalue weighted by Gasteiger charge is -2.08. The van der Waals surface area contributed by atoms with Gasteiger partial charge in [-0.25, -0.2) is 0 Å². The fraction of sp³-hybridized carbons (Fsp3) is 0.100. The van der Waals surface area contributed by atoms with E-state index >= 15 is 0 Å². The molecule has 1 aromatic carbocycles. The minimum Gasteiger partial charge on any atom is -0.471 e. The van der Waals surface area contributed by atoms with Gasteiger partial charge in [-0.3, -0.25) is 14.9 Å². The smallest absolute Gasteiger partial charge is 0.280 e. The van der Waals surface area contributed by atoms with Crippen LogP contribution in [-0.2, 0) is 0 Å². The SMILES string of the molecule is C=CC(Cl)Oc1ccc([N+](=O)[O-])c(C=O)c1. The second-order valence-electron chi connectivity index (χ2n) is 2.80. The van der Waals surface area contributed by atoms with Gasteiger partial charge < -0.3 is 4.74 Å². The van der Waals surface area contributed by atoms with Crippen molar-refractivity contribution in [3.8, 4) is 5.75 Å². The molecule has 0 spiro atoms. The molecule has 0 aliphatic carbocycles. The number of benzene rings is 1. The quantitative estimate of drug-likeness (QED) is 0.261. The molecular formula is C10H8ClNO4. The molecule has 0 saturated heterocycles. The molecule has 0 heterocycles. The van der Waals surface area contributed by atoms with Crippen LogP contribution in [0.3, 0.4) is 0 Å². The van der Waals surface area contributed by atoms with E-state index in [2.05, 4.69) is 6.58 Å². The van der Waals surface area contributed by atoms with Gasteiger partial charge in [0, 0.05) is 6.07 Å². The molecule has 1 aromatic rings. The highest BCUT2D eigenvalue weighted by molar-refractivity contribution is 6.20. The van der Waals surface area contributed by atoms with Gasteiger partial charge in [-0.15, -0.1) is 0 Å². The zero-order chi connectivity index (χ0) is 12.1. The molecular weight excluding hydrogens is 234 g/mol. The van der Waals surface area contributed by atoms with Crippen LogP contribution in [0.4, 0.5) is 5.69 Å². The van der Waals surface area contributed by atoms with E-state index in [-0.39, 0.29) is 17.0 Å². The minimum atomic E-state index is -0.749. The fourth-order valence-corrected chi connectivity index (χ4v) is 1.15. The first kappa shape index (κ1) is 12.2.